The molecule has 0 aliphatic heterocycles. The predicted molar refractivity (Wildman–Crippen MR) is 204 cm³/mol. The van der Waals surface area contributed by atoms with Crippen molar-refractivity contribution in [3.8, 4) is 33.3 Å². The second-order valence-corrected chi connectivity index (χ2v) is 14.0. The van der Waals surface area contributed by atoms with E-state index in [2.05, 4.69) is 91.0 Å². The summed E-state index contributed by atoms with van der Waals surface area (Å²) in [6, 6.07) is 46.3. The molecule has 0 bridgehead atoms. The molecule has 5 nitrogen and oxygen atoms in total. The van der Waals surface area contributed by atoms with Crippen LogP contribution in [0.5, 0.6) is 5.75 Å². The van der Waals surface area contributed by atoms with E-state index in [-0.39, 0.29) is 31.3 Å². The molecule has 247 valence electrons. The number of fused-ring (bicyclic) bond motifs is 5. The van der Waals surface area contributed by atoms with Gasteiger partial charge in [-0.25, -0.2) is 4.98 Å². The summed E-state index contributed by atoms with van der Waals surface area (Å²) in [5.41, 5.74) is 9.29. The van der Waals surface area contributed by atoms with Crippen LogP contribution in [0.25, 0.3) is 70.4 Å². The smallest absolute Gasteiger partial charge is 0.127 e. The number of phenolic OH excluding ortho intramolecular Hbond substituents is 1. The van der Waals surface area contributed by atoms with Gasteiger partial charge in [-0.05, 0) is 47.9 Å². The molecule has 1 radical (unpaired) electrons. The topological polar surface area (TPSA) is 63.8 Å². The minimum atomic E-state index is 0. The van der Waals surface area contributed by atoms with Gasteiger partial charge < -0.3 is 9.67 Å². The first-order valence-corrected chi connectivity index (χ1v) is 17.1. The van der Waals surface area contributed by atoms with Gasteiger partial charge in [0.25, 0.3) is 0 Å². The Hall–Kier alpha value is -5.20. The Morgan fingerprint density at radius 1 is 0.720 bits per heavy atom. The van der Waals surface area contributed by atoms with E-state index >= 15 is 0 Å². The summed E-state index contributed by atoms with van der Waals surface area (Å²) >= 11 is 1.70. The molecule has 0 aliphatic carbocycles. The van der Waals surface area contributed by atoms with Crippen molar-refractivity contribution in [2.24, 2.45) is 0 Å². The normalized spacial score (nSPS) is 11.4. The second-order valence-electron chi connectivity index (χ2n) is 13.0. The quantitative estimate of drug-likeness (QED) is 0.180. The zero-order valence-electron chi connectivity index (χ0n) is 27.8. The largest absolute Gasteiger partial charge is 0.507 e. The minimum absolute atomic E-state index is 0. The average Bonchev–Trinajstić information content (AvgIpc) is 3.72. The molecule has 9 aromatic rings. The molecule has 0 spiro atoms. The Balaban J connectivity index is 0.000000164. The van der Waals surface area contributed by atoms with Crippen LogP contribution in [0.15, 0.2) is 140 Å². The second kappa shape index (κ2) is 13.6. The summed E-state index contributed by atoms with van der Waals surface area (Å²) in [6.45, 7) is 6.77. The van der Waals surface area contributed by atoms with Gasteiger partial charge in [0.2, 0.25) is 0 Å². The minimum Gasteiger partial charge on any atom is -0.507 e. The fourth-order valence-electron chi connectivity index (χ4n) is 6.44. The average molecular weight is 846 g/mol. The third-order valence-corrected chi connectivity index (χ3v) is 9.83. The van der Waals surface area contributed by atoms with Crippen molar-refractivity contribution in [3.63, 3.8) is 0 Å². The van der Waals surface area contributed by atoms with E-state index in [1.807, 2.05) is 72.9 Å². The summed E-state index contributed by atoms with van der Waals surface area (Å²) in [4.78, 5) is 14.1. The number of thiazole rings is 1. The summed E-state index contributed by atoms with van der Waals surface area (Å²) in [5, 5.41) is 14.4. The van der Waals surface area contributed by atoms with Crippen LogP contribution in [0.4, 0.5) is 0 Å². The first-order valence-electron chi connectivity index (χ1n) is 16.3. The number of benzene rings is 5. The molecule has 1 N–H and O–H groups in total. The van der Waals surface area contributed by atoms with Gasteiger partial charge in [-0.2, -0.15) is 0 Å². The van der Waals surface area contributed by atoms with Crippen LogP contribution in [0.3, 0.4) is 0 Å². The molecule has 0 aliphatic rings. The van der Waals surface area contributed by atoms with E-state index in [9.17, 15) is 5.11 Å². The first kappa shape index (κ1) is 33.3. The van der Waals surface area contributed by atoms with Crippen molar-refractivity contribution in [2.45, 2.75) is 26.2 Å². The van der Waals surface area contributed by atoms with Gasteiger partial charge in [-0.3, -0.25) is 9.97 Å². The predicted octanol–water partition coefficient (Wildman–Crippen LogP) is 11.2. The summed E-state index contributed by atoms with van der Waals surface area (Å²) < 4.78 is 3.23. The number of aromatic nitrogens is 4. The molecule has 0 saturated heterocycles. The maximum atomic E-state index is 10.2. The van der Waals surface area contributed by atoms with E-state index in [1.165, 1.54) is 10.9 Å². The maximum Gasteiger partial charge on any atom is 0.127 e. The zero-order valence-corrected chi connectivity index (χ0v) is 31.0. The van der Waals surface area contributed by atoms with Crippen LogP contribution in [0.2, 0.25) is 0 Å². The van der Waals surface area contributed by atoms with Gasteiger partial charge >= 0.3 is 0 Å². The van der Waals surface area contributed by atoms with Crippen LogP contribution < -0.4 is 0 Å². The van der Waals surface area contributed by atoms with Gasteiger partial charge in [0.05, 0.1) is 21.9 Å². The van der Waals surface area contributed by atoms with Crippen LogP contribution in [0, 0.1) is 6.07 Å². The molecule has 9 rings (SSSR count). The van der Waals surface area contributed by atoms with Gasteiger partial charge in [-0.15, -0.1) is 40.5 Å². The number of hydrogen-bond donors (Lipinski definition) is 1. The maximum absolute atomic E-state index is 10.2. The van der Waals surface area contributed by atoms with Gasteiger partial charge in [0.15, 0.2) is 0 Å². The first-order chi connectivity index (χ1) is 23.9. The van der Waals surface area contributed by atoms with Crippen molar-refractivity contribution in [3.05, 3.63) is 151 Å². The molecule has 50 heavy (non-hydrogen) atoms. The van der Waals surface area contributed by atoms with E-state index in [0.29, 0.717) is 0 Å². The molecular weight excluding hydrogens is 813 g/mol. The third kappa shape index (κ3) is 6.09. The molecule has 0 amide bonds. The van der Waals surface area contributed by atoms with E-state index < -0.39 is 0 Å². The monoisotopic (exact) mass is 846 g/mol. The molecule has 4 aromatic heterocycles. The molecule has 0 saturated carbocycles. The van der Waals surface area contributed by atoms with Crippen molar-refractivity contribution >= 4 is 54.3 Å². The molecular formula is C43H33IrN4OS-. The van der Waals surface area contributed by atoms with Gasteiger partial charge in [0.1, 0.15) is 16.3 Å². The Bertz CT molecular complexity index is 2610. The SMILES string of the molecule is CC(C)(C)c1cc(-c2nccc3nc(-c4ccccc4)sc23)[c-]c2ccccc12.Oc1cccc2c1c1ncccc1n2-c1ccccc1.[Ir]. The Morgan fingerprint density at radius 2 is 1.44 bits per heavy atom. The number of hydrogen-bond acceptors (Lipinski definition) is 5. The van der Waals surface area contributed by atoms with Crippen molar-refractivity contribution in [2.75, 3.05) is 0 Å². The molecule has 5 aromatic carbocycles. The number of pyridine rings is 2. The number of para-hydroxylation sites is 1. The number of phenols is 1. The van der Waals surface area contributed by atoms with E-state index in [4.69, 9.17) is 9.97 Å². The number of aromatic hydroxyl groups is 1. The number of nitrogens with zero attached hydrogens (tertiary/aromatic N) is 4. The number of rotatable bonds is 3. The van der Waals surface area contributed by atoms with Crippen LogP contribution in [0.1, 0.15) is 26.3 Å². The molecule has 0 unspecified atom stereocenters. The summed E-state index contributed by atoms with van der Waals surface area (Å²) in [5.74, 6) is 0.265. The van der Waals surface area contributed by atoms with Crippen LogP contribution in [-0.4, -0.2) is 24.6 Å². The van der Waals surface area contributed by atoms with E-state index in [0.717, 1.165) is 65.1 Å². The summed E-state index contributed by atoms with van der Waals surface area (Å²) in [6.07, 6.45) is 3.61. The van der Waals surface area contributed by atoms with Crippen LogP contribution >= 0.6 is 11.3 Å². The van der Waals surface area contributed by atoms with Gasteiger partial charge in [-0.1, -0.05) is 105 Å². The molecule has 0 atom stereocenters. The van der Waals surface area contributed by atoms with Crippen molar-refractivity contribution in [1.29, 1.82) is 0 Å². The summed E-state index contributed by atoms with van der Waals surface area (Å²) in [7, 11) is 0. The van der Waals surface area contributed by atoms with Gasteiger partial charge in [0, 0.05) is 54.1 Å². The third-order valence-electron chi connectivity index (χ3n) is 8.70. The Morgan fingerprint density at radius 3 is 2.22 bits per heavy atom. The standard InChI is InChI=1S/C26H21N2S.C17H12N2O.Ir/c1-26(2,3)21-16-19(15-18-11-7-8-12-20(18)21)23-24-22(13-14-27-23)28-25(29-24)17-9-5-4-6-10-17;20-15-10-4-8-13-16(15)17-14(9-5-11-18-17)19(13)12-6-2-1-3-7-12;/h4-14,16H,1-3H3;1-11,20H;/q-1;;. The van der Waals surface area contributed by atoms with Crippen LogP contribution in [-0.2, 0) is 25.5 Å². The Kier molecular flexibility index (Phi) is 9.06. The van der Waals surface area contributed by atoms with Crippen molar-refractivity contribution < 1.29 is 25.2 Å². The molecule has 7 heteroatoms. The molecule has 4 heterocycles. The fourth-order valence-corrected chi connectivity index (χ4v) is 7.51. The Labute approximate surface area is 308 Å². The van der Waals surface area contributed by atoms with Crippen molar-refractivity contribution in [1.82, 2.24) is 19.5 Å². The fraction of sp³-hybridized carbons (Fsp3) is 0.0930. The molecule has 0 fully saturated rings. The van der Waals surface area contributed by atoms with E-state index in [1.54, 1.807) is 23.6 Å². The zero-order chi connectivity index (χ0) is 33.5.